The number of nitrogens with zero attached hydrogens (tertiary/aromatic N) is 1. The van der Waals surface area contributed by atoms with Crippen molar-refractivity contribution in [3.05, 3.63) is 50.5 Å². The van der Waals surface area contributed by atoms with Crippen LogP contribution in [0.2, 0.25) is 0 Å². The number of aliphatic hydroxyl groups is 1. The van der Waals surface area contributed by atoms with Crippen molar-refractivity contribution in [2.45, 2.75) is 18.4 Å². The molecule has 2 N–H and O–H groups in total. The molecule has 0 aliphatic carbocycles. The Labute approximate surface area is 139 Å². The fourth-order valence-corrected chi connectivity index (χ4v) is 3.99. The van der Waals surface area contributed by atoms with Crippen molar-refractivity contribution in [1.29, 1.82) is 0 Å². The highest BCUT2D eigenvalue weighted by Crippen LogP contribution is 2.26. The van der Waals surface area contributed by atoms with Gasteiger partial charge in [0.1, 0.15) is 10.7 Å². The summed E-state index contributed by atoms with van der Waals surface area (Å²) in [6, 6.07) is 6.19. The molecule has 0 amide bonds. The second kappa shape index (κ2) is 6.43. The molecule has 2 rings (SSSR count). The lowest BCUT2D eigenvalue weighted by Gasteiger charge is -2.10. The molecule has 1 aromatic carbocycles. The van der Waals surface area contributed by atoms with E-state index in [0.29, 0.717) is 10.0 Å². The molecule has 0 fully saturated rings. The first-order valence-corrected chi connectivity index (χ1v) is 8.94. The highest BCUT2D eigenvalue weighted by molar-refractivity contribution is 9.10. The molecule has 0 aliphatic rings. The molecule has 0 bridgehead atoms. The minimum atomic E-state index is -3.75. The van der Waals surface area contributed by atoms with Gasteiger partial charge in [-0.1, -0.05) is 6.07 Å². The number of hydrogen-bond acceptors (Lipinski definition) is 4. The van der Waals surface area contributed by atoms with Crippen LogP contribution in [0.25, 0.3) is 0 Å². The molecule has 0 atom stereocenters. The first kappa shape index (κ1) is 16.4. The Morgan fingerprint density at radius 2 is 1.95 bits per heavy atom. The van der Waals surface area contributed by atoms with E-state index in [-0.39, 0.29) is 17.3 Å². The number of anilines is 1. The van der Waals surface area contributed by atoms with Gasteiger partial charge in [0.2, 0.25) is 0 Å². The van der Waals surface area contributed by atoms with Gasteiger partial charge in [-0.2, -0.15) is 0 Å². The molecule has 8 heteroatoms. The smallest absolute Gasteiger partial charge is 0.264 e. The van der Waals surface area contributed by atoms with Crippen LogP contribution in [0.1, 0.15) is 11.1 Å². The third kappa shape index (κ3) is 3.82. The van der Waals surface area contributed by atoms with Crippen LogP contribution < -0.4 is 4.72 Å². The van der Waals surface area contributed by atoms with Crippen molar-refractivity contribution < 1.29 is 13.5 Å². The summed E-state index contributed by atoms with van der Waals surface area (Å²) in [6.07, 6.45) is 1.54. The van der Waals surface area contributed by atoms with Crippen molar-refractivity contribution in [2.75, 3.05) is 4.72 Å². The first-order chi connectivity index (χ1) is 9.83. The summed E-state index contributed by atoms with van der Waals surface area (Å²) in [5.74, 6) is 0.244. The van der Waals surface area contributed by atoms with Gasteiger partial charge < -0.3 is 5.11 Å². The van der Waals surface area contributed by atoms with Crippen molar-refractivity contribution in [3.8, 4) is 0 Å². The number of benzene rings is 1. The lowest BCUT2D eigenvalue weighted by Crippen LogP contribution is -2.14. The summed E-state index contributed by atoms with van der Waals surface area (Å²) in [5, 5.41) is 9.05. The molecule has 0 saturated heterocycles. The molecule has 1 heterocycles. The normalized spacial score (nSPS) is 11.4. The molecule has 0 saturated carbocycles. The number of nitrogens with one attached hydrogen (secondary N) is 1. The monoisotopic (exact) mass is 434 g/mol. The number of sulfonamides is 1. The fraction of sp³-hybridized carbons (Fsp3) is 0.154. The Balaban J connectivity index is 2.36. The predicted molar refractivity (Wildman–Crippen MR) is 87.5 cm³/mol. The van der Waals surface area contributed by atoms with Crippen LogP contribution in [0.15, 0.2) is 44.3 Å². The SMILES string of the molecule is Cc1cc(NS(=O)(=O)c2ccc(CO)cc2Br)ncc1Br. The van der Waals surface area contributed by atoms with E-state index >= 15 is 0 Å². The van der Waals surface area contributed by atoms with Crippen LogP contribution in [0.4, 0.5) is 5.82 Å². The van der Waals surface area contributed by atoms with Crippen LogP contribution >= 0.6 is 31.9 Å². The molecule has 1 aromatic heterocycles. The summed E-state index contributed by atoms with van der Waals surface area (Å²) >= 11 is 6.52. The molecule has 0 aliphatic heterocycles. The standard InChI is InChI=1S/C13H12Br2N2O3S/c1-8-4-13(16-6-11(8)15)17-21(19,20)12-3-2-9(7-18)5-10(12)14/h2-6,18H,7H2,1H3,(H,16,17). The van der Waals surface area contributed by atoms with Gasteiger partial charge >= 0.3 is 0 Å². The van der Waals surface area contributed by atoms with Crippen molar-refractivity contribution >= 4 is 47.7 Å². The van der Waals surface area contributed by atoms with Gasteiger partial charge in [0, 0.05) is 15.1 Å². The van der Waals surface area contributed by atoms with Gasteiger partial charge in [0.15, 0.2) is 0 Å². The molecule has 112 valence electrons. The van der Waals surface area contributed by atoms with Crippen LogP contribution in [-0.2, 0) is 16.6 Å². The zero-order valence-corrected chi connectivity index (χ0v) is 15.0. The van der Waals surface area contributed by atoms with Crippen LogP contribution in [0, 0.1) is 6.92 Å². The van der Waals surface area contributed by atoms with Crippen LogP contribution in [0.5, 0.6) is 0 Å². The lowest BCUT2D eigenvalue weighted by atomic mass is 10.2. The van der Waals surface area contributed by atoms with E-state index in [1.807, 2.05) is 6.92 Å². The van der Waals surface area contributed by atoms with Gasteiger partial charge in [0.25, 0.3) is 10.0 Å². The molecule has 0 unspecified atom stereocenters. The van der Waals surface area contributed by atoms with E-state index in [0.717, 1.165) is 10.0 Å². The van der Waals surface area contributed by atoms with Gasteiger partial charge in [-0.25, -0.2) is 13.4 Å². The van der Waals surface area contributed by atoms with Crippen molar-refractivity contribution in [1.82, 2.24) is 4.98 Å². The van der Waals surface area contributed by atoms with E-state index in [2.05, 4.69) is 41.6 Å². The summed E-state index contributed by atoms with van der Waals surface area (Å²) in [6.45, 7) is 1.69. The Morgan fingerprint density at radius 3 is 2.52 bits per heavy atom. The number of aryl methyl sites for hydroxylation is 1. The highest BCUT2D eigenvalue weighted by atomic mass is 79.9. The third-order valence-corrected chi connectivity index (χ3v) is 5.92. The van der Waals surface area contributed by atoms with E-state index in [1.165, 1.54) is 12.3 Å². The predicted octanol–water partition coefficient (Wildman–Crippen LogP) is 3.21. The van der Waals surface area contributed by atoms with E-state index in [1.54, 1.807) is 18.2 Å². The van der Waals surface area contributed by atoms with Crippen molar-refractivity contribution in [3.63, 3.8) is 0 Å². The summed E-state index contributed by atoms with van der Waals surface area (Å²) in [4.78, 5) is 4.11. The summed E-state index contributed by atoms with van der Waals surface area (Å²) < 4.78 is 28.3. The zero-order chi connectivity index (χ0) is 15.6. The van der Waals surface area contributed by atoms with E-state index in [9.17, 15) is 8.42 Å². The number of aromatic nitrogens is 1. The second-order valence-electron chi connectivity index (χ2n) is 4.35. The number of aliphatic hydroxyl groups excluding tert-OH is 1. The summed E-state index contributed by atoms with van der Waals surface area (Å²) in [5.41, 5.74) is 1.50. The Morgan fingerprint density at radius 1 is 1.24 bits per heavy atom. The minimum absolute atomic E-state index is 0.0853. The van der Waals surface area contributed by atoms with Crippen molar-refractivity contribution in [2.24, 2.45) is 0 Å². The fourth-order valence-electron chi connectivity index (χ4n) is 1.65. The quantitative estimate of drug-likeness (QED) is 0.772. The van der Waals surface area contributed by atoms with E-state index in [4.69, 9.17) is 5.11 Å². The minimum Gasteiger partial charge on any atom is -0.392 e. The van der Waals surface area contributed by atoms with Crippen LogP contribution in [-0.4, -0.2) is 18.5 Å². The van der Waals surface area contributed by atoms with Gasteiger partial charge in [-0.05, 0) is 68.1 Å². The lowest BCUT2D eigenvalue weighted by molar-refractivity contribution is 0.281. The molecular weight excluding hydrogens is 424 g/mol. The van der Waals surface area contributed by atoms with E-state index < -0.39 is 10.0 Å². The average molecular weight is 436 g/mol. The average Bonchev–Trinajstić information content (AvgIpc) is 2.42. The molecule has 21 heavy (non-hydrogen) atoms. The van der Waals surface area contributed by atoms with Gasteiger partial charge in [-0.15, -0.1) is 0 Å². The van der Waals surface area contributed by atoms with Crippen LogP contribution in [0.3, 0.4) is 0 Å². The second-order valence-corrected chi connectivity index (χ2v) is 7.71. The molecular formula is C13H12Br2N2O3S. The highest BCUT2D eigenvalue weighted by Gasteiger charge is 2.18. The topological polar surface area (TPSA) is 79.3 Å². The Kier molecular flexibility index (Phi) is 5.03. The molecule has 0 radical (unpaired) electrons. The maximum atomic E-state index is 12.4. The summed E-state index contributed by atoms with van der Waals surface area (Å²) in [7, 11) is -3.75. The maximum absolute atomic E-state index is 12.4. The molecule has 2 aromatic rings. The maximum Gasteiger partial charge on any atom is 0.264 e. The van der Waals surface area contributed by atoms with Gasteiger partial charge in [-0.3, -0.25) is 4.72 Å². The number of pyridine rings is 1. The third-order valence-electron chi connectivity index (χ3n) is 2.75. The zero-order valence-electron chi connectivity index (χ0n) is 11.0. The number of hydrogen-bond donors (Lipinski definition) is 2. The number of rotatable bonds is 4. The number of halogens is 2. The molecule has 5 nitrogen and oxygen atoms in total. The Bertz CT molecular complexity index is 779. The van der Waals surface area contributed by atoms with Gasteiger partial charge in [0.05, 0.1) is 6.61 Å². The first-order valence-electron chi connectivity index (χ1n) is 5.88. The largest absolute Gasteiger partial charge is 0.392 e. The Hall–Kier alpha value is -0.960. The molecule has 0 spiro atoms.